The molecule has 1 aromatic carbocycles. The monoisotopic (exact) mass is 260 g/mol. The molecule has 1 amide bonds. The van der Waals surface area contributed by atoms with Gasteiger partial charge in [-0.2, -0.15) is 0 Å². The molecule has 4 N–H and O–H groups in total. The first-order valence-electron chi connectivity index (χ1n) is 5.59. The third-order valence-corrected chi connectivity index (χ3v) is 2.47. The van der Waals surface area contributed by atoms with E-state index in [4.69, 9.17) is 5.84 Å². The number of benzene rings is 1. The number of nitrogen functional groups attached to an aromatic ring is 1. The Kier molecular flexibility index (Phi) is 3.72. The molecular weight excluding hydrogens is 247 g/mol. The Morgan fingerprint density at radius 2 is 2.11 bits per heavy atom. The summed E-state index contributed by atoms with van der Waals surface area (Å²) in [5.41, 5.74) is 3.87. The molecule has 1 heterocycles. The van der Waals surface area contributed by atoms with E-state index in [9.17, 15) is 9.18 Å². The largest absolute Gasteiger partial charge is 0.322 e. The highest BCUT2D eigenvalue weighted by Gasteiger charge is 2.07. The van der Waals surface area contributed by atoms with Crippen LogP contribution in [0.15, 0.2) is 36.5 Å². The Labute approximate surface area is 109 Å². The first-order valence-corrected chi connectivity index (χ1v) is 5.59. The third-order valence-electron chi connectivity index (χ3n) is 2.47. The molecule has 1 aromatic heterocycles. The molecule has 6 heteroatoms. The fraction of sp³-hybridized carbons (Fsp3) is 0.0769. The van der Waals surface area contributed by atoms with Crippen LogP contribution in [-0.4, -0.2) is 10.9 Å². The quantitative estimate of drug-likeness (QED) is 0.583. The summed E-state index contributed by atoms with van der Waals surface area (Å²) in [6.07, 6.45) is 1.39. The van der Waals surface area contributed by atoms with E-state index >= 15 is 0 Å². The predicted molar refractivity (Wildman–Crippen MR) is 71.1 cm³/mol. The summed E-state index contributed by atoms with van der Waals surface area (Å²) in [4.78, 5) is 15.8. The number of carbonyl (C=O) groups is 1. The molecule has 0 unspecified atom stereocenters. The predicted octanol–water partition coefficient (Wildman–Crippen LogP) is 2.07. The Morgan fingerprint density at radius 3 is 2.68 bits per heavy atom. The van der Waals surface area contributed by atoms with Crippen molar-refractivity contribution in [2.24, 2.45) is 5.84 Å². The molecule has 98 valence electrons. The van der Waals surface area contributed by atoms with Crippen LogP contribution in [0.3, 0.4) is 0 Å². The molecular formula is C13H13FN4O. The van der Waals surface area contributed by atoms with Crippen LogP contribution in [0.25, 0.3) is 0 Å². The number of nitrogens with one attached hydrogen (secondary N) is 2. The van der Waals surface area contributed by atoms with Gasteiger partial charge in [0.25, 0.3) is 5.91 Å². The zero-order valence-electron chi connectivity index (χ0n) is 10.3. The number of amides is 1. The number of pyridine rings is 1. The summed E-state index contributed by atoms with van der Waals surface area (Å²) in [5, 5.41) is 2.61. The van der Waals surface area contributed by atoms with E-state index in [1.807, 2.05) is 0 Å². The topological polar surface area (TPSA) is 80.0 Å². The normalized spacial score (nSPS) is 10.1. The summed E-state index contributed by atoms with van der Waals surface area (Å²) >= 11 is 0. The van der Waals surface area contributed by atoms with Crippen molar-refractivity contribution < 1.29 is 9.18 Å². The summed E-state index contributed by atoms with van der Waals surface area (Å²) in [7, 11) is 0. The van der Waals surface area contributed by atoms with Gasteiger partial charge in [-0.15, -0.1) is 0 Å². The second kappa shape index (κ2) is 5.45. The minimum atomic E-state index is -0.392. The summed E-state index contributed by atoms with van der Waals surface area (Å²) in [6, 6.07) is 7.48. The number of aromatic nitrogens is 1. The van der Waals surface area contributed by atoms with Crippen LogP contribution >= 0.6 is 0 Å². The van der Waals surface area contributed by atoms with Gasteiger partial charge in [0.2, 0.25) is 0 Å². The number of carbonyl (C=O) groups excluding carboxylic acids is 1. The fourth-order valence-electron chi connectivity index (χ4n) is 1.63. The van der Waals surface area contributed by atoms with Gasteiger partial charge in [-0.3, -0.25) is 4.79 Å². The number of hydrogen-bond donors (Lipinski definition) is 3. The van der Waals surface area contributed by atoms with Crippen LogP contribution in [0.4, 0.5) is 15.9 Å². The van der Waals surface area contributed by atoms with Gasteiger partial charge in [-0.1, -0.05) is 0 Å². The highest BCUT2D eigenvalue weighted by atomic mass is 19.1. The highest BCUT2D eigenvalue weighted by Crippen LogP contribution is 2.14. The second-order valence-corrected chi connectivity index (χ2v) is 4.05. The van der Waals surface area contributed by atoms with Crippen molar-refractivity contribution in [1.29, 1.82) is 0 Å². The first kappa shape index (κ1) is 13.0. The van der Waals surface area contributed by atoms with Crippen LogP contribution in [0.1, 0.15) is 15.9 Å². The number of anilines is 2. The standard InChI is InChI=1S/C13H13FN4O/c1-8-4-10(14)6-11(5-8)17-13(19)9-2-3-12(18-15)16-7-9/h2-7H,15H2,1H3,(H,16,18)(H,17,19). The summed E-state index contributed by atoms with van der Waals surface area (Å²) in [6.45, 7) is 1.75. The van der Waals surface area contributed by atoms with Crippen molar-refractivity contribution in [3.8, 4) is 0 Å². The summed E-state index contributed by atoms with van der Waals surface area (Å²) < 4.78 is 13.2. The number of hydrazine groups is 1. The van der Waals surface area contributed by atoms with E-state index in [2.05, 4.69) is 15.7 Å². The van der Waals surface area contributed by atoms with Gasteiger partial charge >= 0.3 is 0 Å². The van der Waals surface area contributed by atoms with Crippen LogP contribution in [-0.2, 0) is 0 Å². The lowest BCUT2D eigenvalue weighted by molar-refractivity contribution is 0.102. The molecule has 5 nitrogen and oxygen atoms in total. The van der Waals surface area contributed by atoms with E-state index in [-0.39, 0.29) is 5.91 Å². The van der Waals surface area contributed by atoms with Crippen molar-refractivity contribution in [1.82, 2.24) is 4.98 Å². The number of hydrogen-bond acceptors (Lipinski definition) is 4. The van der Waals surface area contributed by atoms with E-state index in [0.29, 0.717) is 17.1 Å². The lowest BCUT2D eigenvalue weighted by Crippen LogP contribution is -2.14. The minimum absolute atomic E-state index is 0.360. The van der Waals surface area contributed by atoms with Gasteiger partial charge in [-0.25, -0.2) is 15.2 Å². The zero-order chi connectivity index (χ0) is 13.8. The smallest absolute Gasteiger partial charge is 0.257 e. The summed E-state index contributed by atoms with van der Waals surface area (Å²) in [5.74, 6) is 4.88. The molecule has 0 aliphatic heterocycles. The SMILES string of the molecule is Cc1cc(F)cc(NC(=O)c2ccc(NN)nc2)c1. The minimum Gasteiger partial charge on any atom is -0.322 e. The number of nitrogens with zero attached hydrogens (tertiary/aromatic N) is 1. The van der Waals surface area contributed by atoms with Crippen molar-refractivity contribution in [3.63, 3.8) is 0 Å². The molecule has 0 aliphatic carbocycles. The van der Waals surface area contributed by atoms with Gasteiger partial charge in [-0.05, 0) is 42.8 Å². The molecule has 0 saturated heterocycles. The first-order chi connectivity index (χ1) is 9.08. The van der Waals surface area contributed by atoms with Crippen LogP contribution in [0.2, 0.25) is 0 Å². The van der Waals surface area contributed by atoms with Crippen molar-refractivity contribution in [3.05, 3.63) is 53.5 Å². The average molecular weight is 260 g/mol. The molecule has 2 aromatic rings. The lowest BCUT2D eigenvalue weighted by Gasteiger charge is -2.07. The molecule has 0 radical (unpaired) electrons. The zero-order valence-corrected chi connectivity index (χ0v) is 10.3. The Hall–Kier alpha value is -2.47. The van der Waals surface area contributed by atoms with E-state index < -0.39 is 5.82 Å². The third kappa shape index (κ3) is 3.26. The van der Waals surface area contributed by atoms with Gasteiger partial charge in [0.1, 0.15) is 11.6 Å². The molecule has 0 saturated carbocycles. The number of aryl methyl sites for hydroxylation is 1. The Balaban J connectivity index is 2.15. The number of halogens is 1. The van der Waals surface area contributed by atoms with Crippen LogP contribution in [0.5, 0.6) is 0 Å². The maximum absolute atomic E-state index is 13.2. The fourth-order valence-corrected chi connectivity index (χ4v) is 1.63. The van der Waals surface area contributed by atoms with Crippen LogP contribution in [0, 0.1) is 12.7 Å². The van der Waals surface area contributed by atoms with Gasteiger partial charge in [0.05, 0.1) is 5.56 Å². The maximum Gasteiger partial charge on any atom is 0.257 e. The van der Waals surface area contributed by atoms with E-state index in [0.717, 1.165) is 5.56 Å². The van der Waals surface area contributed by atoms with Crippen molar-refractivity contribution in [2.45, 2.75) is 6.92 Å². The molecule has 2 rings (SSSR count). The molecule has 0 bridgehead atoms. The van der Waals surface area contributed by atoms with E-state index in [1.54, 1.807) is 25.1 Å². The van der Waals surface area contributed by atoms with Gasteiger partial charge < -0.3 is 10.7 Å². The Bertz CT molecular complexity index is 578. The molecule has 0 aliphatic rings. The van der Waals surface area contributed by atoms with Crippen molar-refractivity contribution in [2.75, 3.05) is 10.7 Å². The Morgan fingerprint density at radius 1 is 1.32 bits per heavy atom. The molecule has 19 heavy (non-hydrogen) atoms. The van der Waals surface area contributed by atoms with E-state index in [1.165, 1.54) is 18.3 Å². The number of rotatable bonds is 3. The van der Waals surface area contributed by atoms with Gasteiger partial charge in [0, 0.05) is 11.9 Å². The highest BCUT2D eigenvalue weighted by molar-refractivity contribution is 6.04. The number of nitrogens with two attached hydrogens (primary N) is 1. The van der Waals surface area contributed by atoms with Gasteiger partial charge in [0.15, 0.2) is 0 Å². The molecule has 0 atom stereocenters. The average Bonchev–Trinajstić information content (AvgIpc) is 2.37. The maximum atomic E-state index is 13.2. The van der Waals surface area contributed by atoms with Crippen molar-refractivity contribution >= 4 is 17.4 Å². The molecule has 0 spiro atoms. The lowest BCUT2D eigenvalue weighted by atomic mass is 10.2. The van der Waals surface area contributed by atoms with Crippen LogP contribution < -0.4 is 16.6 Å². The second-order valence-electron chi connectivity index (χ2n) is 4.05. The molecule has 0 fully saturated rings.